The number of carbonyl (C=O) groups excluding carboxylic acids is 1. The minimum Gasteiger partial charge on any atom is -0.468 e. The lowest BCUT2D eigenvalue weighted by atomic mass is 10.1. The number of carbonyl (C=O) groups is 1. The van der Waals surface area contributed by atoms with Gasteiger partial charge in [0.25, 0.3) is 0 Å². The van der Waals surface area contributed by atoms with Crippen LogP contribution in [-0.2, 0) is 16.1 Å². The zero-order chi connectivity index (χ0) is 14.4. The summed E-state index contributed by atoms with van der Waals surface area (Å²) in [5.74, 6) is -1.49. The molecule has 7 nitrogen and oxygen atoms in total. The molecule has 0 saturated carbocycles. The van der Waals surface area contributed by atoms with Crippen LogP contribution in [0.1, 0.15) is 18.7 Å². The Morgan fingerprint density at radius 3 is 2.89 bits per heavy atom. The highest BCUT2D eigenvalue weighted by atomic mass is 19.1. The van der Waals surface area contributed by atoms with E-state index >= 15 is 0 Å². The van der Waals surface area contributed by atoms with E-state index in [2.05, 4.69) is 14.4 Å². The number of nitrogens with two attached hydrogens (primary N) is 1. The number of hydrogen-bond donors (Lipinski definition) is 1. The topological polar surface area (TPSA) is 100 Å². The number of hydrogen-bond acceptors (Lipinski definition) is 6. The molecular weight excluding hydrogens is 257 g/mol. The van der Waals surface area contributed by atoms with Crippen molar-refractivity contribution in [3.63, 3.8) is 0 Å². The first kappa shape index (κ1) is 15.1. The van der Waals surface area contributed by atoms with Crippen LogP contribution in [0, 0.1) is 6.92 Å². The quantitative estimate of drug-likeness (QED) is 0.747. The van der Waals surface area contributed by atoms with Gasteiger partial charge in [0.15, 0.2) is 5.82 Å². The molecule has 2 N–H and O–H groups in total. The maximum atomic E-state index is 13.5. The molecule has 1 aromatic rings. The fourth-order valence-electron chi connectivity index (χ4n) is 1.42. The molecule has 1 aromatic heterocycles. The summed E-state index contributed by atoms with van der Waals surface area (Å²) in [6.45, 7) is 1.28. The summed E-state index contributed by atoms with van der Waals surface area (Å²) < 4.78 is 23.4. The third-order valence-corrected chi connectivity index (χ3v) is 2.52. The van der Waals surface area contributed by atoms with Crippen molar-refractivity contribution in [3.8, 4) is 0 Å². The Balaban J connectivity index is 2.50. The number of allylic oxidation sites excluding steroid dienone is 2. The molecule has 8 heteroatoms. The first-order valence-corrected chi connectivity index (χ1v) is 5.66. The molecule has 0 radical (unpaired) electrons. The van der Waals surface area contributed by atoms with E-state index in [1.165, 1.54) is 20.1 Å². The van der Waals surface area contributed by atoms with Gasteiger partial charge in [0.2, 0.25) is 0 Å². The van der Waals surface area contributed by atoms with Gasteiger partial charge in [-0.2, -0.15) is 0 Å². The highest BCUT2D eigenvalue weighted by Crippen LogP contribution is 2.06. The van der Waals surface area contributed by atoms with E-state index < -0.39 is 23.6 Å². The van der Waals surface area contributed by atoms with Gasteiger partial charge in [-0.1, -0.05) is 11.2 Å². The molecule has 0 aliphatic carbocycles. The van der Waals surface area contributed by atoms with E-state index in [9.17, 15) is 14.0 Å². The Bertz CT molecular complexity index is 520. The van der Waals surface area contributed by atoms with Gasteiger partial charge < -0.3 is 10.5 Å². The summed E-state index contributed by atoms with van der Waals surface area (Å²) in [6, 6.07) is -0.783. The Morgan fingerprint density at radius 2 is 2.37 bits per heavy atom. The lowest BCUT2D eigenvalue weighted by Gasteiger charge is -2.06. The molecule has 0 amide bonds. The van der Waals surface area contributed by atoms with Gasteiger partial charge in [0.05, 0.1) is 13.7 Å². The molecule has 0 aliphatic rings. The molecular formula is C11H16FN3O4. The van der Waals surface area contributed by atoms with Crippen LogP contribution in [0.3, 0.4) is 0 Å². The van der Waals surface area contributed by atoms with Gasteiger partial charge in [-0.25, -0.2) is 9.18 Å². The number of esters is 1. The average molecular weight is 273 g/mol. The largest absolute Gasteiger partial charge is 0.468 e. The van der Waals surface area contributed by atoms with Crippen molar-refractivity contribution in [2.24, 2.45) is 5.73 Å². The van der Waals surface area contributed by atoms with E-state index in [-0.39, 0.29) is 19.4 Å². The van der Waals surface area contributed by atoms with Gasteiger partial charge in [0, 0.05) is 0 Å². The van der Waals surface area contributed by atoms with Gasteiger partial charge in [-0.05, 0) is 19.8 Å². The summed E-state index contributed by atoms with van der Waals surface area (Å²) >= 11 is 0. The summed E-state index contributed by atoms with van der Waals surface area (Å²) in [4.78, 5) is 22.1. The lowest BCUT2D eigenvalue weighted by molar-refractivity contribution is -0.142. The molecule has 0 aromatic carbocycles. The Labute approximate surface area is 108 Å². The number of ether oxygens (including phenoxy) is 1. The van der Waals surface area contributed by atoms with Crippen LogP contribution in [-0.4, -0.2) is 28.8 Å². The minimum absolute atomic E-state index is 0.248. The zero-order valence-electron chi connectivity index (χ0n) is 10.8. The van der Waals surface area contributed by atoms with Crippen LogP contribution in [0.25, 0.3) is 0 Å². The van der Waals surface area contributed by atoms with Crippen molar-refractivity contribution in [1.82, 2.24) is 9.72 Å². The number of nitrogens with zero attached hydrogens (tertiary/aromatic N) is 2. The van der Waals surface area contributed by atoms with E-state index in [1.807, 2.05) is 0 Å². The van der Waals surface area contributed by atoms with Crippen molar-refractivity contribution in [2.75, 3.05) is 7.11 Å². The average Bonchev–Trinajstić information content (AvgIpc) is 2.69. The fraction of sp³-hybridized carbons (Fsp3) is 0.545. The van der Waals surface area contributed by atoms with Crippen molar-refractivity contribution >= 4 is 5.97 Å². The Hall–Kier alpha value is -1.96. The maximum absolute atomic E-state index is 13.5. The van der Waals surface area contributed by atoms with E-state index in [4.69, 9.17) is 5.73 Å². The molecule has 0 bridgehead atoms. The molecule has 106 valence electrons. The number of aromatic nitrogens is 2. The zero-order valence-corrected chi connectivity index (χ0v) is 10.8. The van der Waals surface area contributed by atoms with Crippen LogP contribution in [0.5, 0.6) is 0 Å². The molecule has 0 unspecified atom stereocenters. The molecule has 1 rings (SSSR count). The third kappa shape index (κ3) is 4.32. The summed E-state index contributed by atoms with van der Waals surface area (Å²) in [6.07, 6.45) is 1.79. The normalized spacial score (nSPS) is 13.4. The lowest BCUT2D eigenvalue weighted by Crippen LogP contribution is -2.31. The molecule has 0 fully saturated rings. The highest BCUT2D eigenvalue weighted by molar-refractivity contribution is 5.75. The Morgan fingerprint density at radius 1 is 1.68 bits per heavy atom. The smallest absolute Gasteiger partial charge is 0.441 e. The van der Waals surface area contributed by atoms with Crippen LogP contribution in [0.15, 0.2) is 21.2 Å². The van der Waals surface area contributed by atoms with Gasteiger partial charge in [-0.15, -0.1) is 0 Å². The molecule has 0 aliphatic heterocycles. The molecule has 1 heterocycles. The molecule has 1 atom stereocenters. The van der Waals surface area contributed by atoms with E-state index in [1.54, 1.807) is 0 Å². The van der Waals surface area contributed by atoms with Crippen LogP contribution < -0.4 is 11.5 Å². The highest BCUT2D eigenvalue weighted by Gasteiger charge is 2.13. The second kappa shape index (κ2) is 6.83. The number of rotatable bonds is 6. The monoisotopic (exact) mass is 273 g/mol. The van der Waals surface area contributed by atoms with Crippen molar-refractivity contribution in [3.05, 3.63) is 28.3 Å². The van der Waals surface area contributed by atoms with Crippen LogP contribution in [0.2, 0.25) is 0 Å². The number of aryl methyl sites for hydroxylation is 1. The van der Waals surface area contributed by atoms with Crippen molar-refractivity contribution in [1.29, 1.82) is 0 Å². The number of halogens is 1. The summed E-state index contributed by atoms with van der Waals surface area (Å²) in [5, 5.41) is 3.41. The minimum atomic E-state index is -0.783. The first-order valence-electron chi connectivity index (χ1n) is 5.66. The Kier molecular flexibility index (Phi) is 5.43. The summed E-state index contributed by atoms with van der Waals surface area (Å²) in [7, 11) is 1.24. The predicted octanol–water partition coefficient (Wildman–Crippen LogP) is 0.279. The SMILES string of the molecule is COC(=O)[C@H](N)CC/C=C(/F)Cn1c(C)noc1=O. The van der Waals surface area contributed by atoms with Gasteiger partial charge in [0.1, 0.15) is 11.9 Å². The molecule has 0 saturated heterocycles. The van der Waals surface area contributed by atoms with Crippen molar-refractivity contribution < 1.29 is 18.4 Å². The van der Waals surface area contributed by atoms with Crippen molar-refractivity contribution in [2.45, 2.75) is 32.4 Å². The molecule has 19 heavy (non-hydrogen) atoms. The fourth-order valence-corrected chi connectivity index (χ4v) is 1.42. The third-order valence-electron chi connectivity index (χ3n) is 2.52. The van der Waals surface area contributed by atoms with Crippen LogP contribution >= 0.6 is 0 Å². The maximum Gasteiger partial charge on any atom is 0.441 e. The molecule has 0 spiro atoms. The predicted molar refractivity (Wildman–Crippen MR) is 63.9 cm³/mol. The van der Waals surface area contributed by atoms with E-state index in [0.717, 1.165) is 4.57 Å². The van der Waals surface area contributed by atoms with E-state index in [0.29, 0.717) is 5.82 Å². The first-order chi connectivity index (χ1) is 8.95. The van der Waals surface area contributed by atoms with Crippen LogP contribution in [0.4, 0.5) is 4.39 Å². The van der Waals surface area contributed by atoms with Gasteiger partial charge in [-0.3, -0.25) is 13.9 Å². The second-order valence-corrected chi connectivity index (χ2v) is 3.94. The summed E-state index contributed by atoms with van der Waals surface area (Å²) in [5.41, 5.74) is 5.49. The van der Waals surface area contributed by atoms with Gasteiger partial charge >= 0.3 is 11.7 Å². The number of methoxy groups -OCH3 is 1. The standard InChI is InChI=1S/C11H16FN3O4/c1-7-14-19-11(17)15(7)6-8(12)4-3-5-9(13)10(16)18-2/h4,9H,3,5-6,13H2,1-2H3/b8-4+/t9-/m1/s1. The second-order valence-electron chi connectivity index (χ2n) is 3.94.